The Morgan fingerprint density at radius 2 is 1.93 bits per heavy atom. The van der Waals surface area contributed by atoms with Crippen molar-refractivity contribution in [1.82, 2.24) is 15.8 Å². The molecule has 0 aliphatic carbocycles. The zero-order chi connectivity index (χ0) is 20.5. The summed E-state index contributed by atoms with van der Waals surface area (Å²) >= 11 is 0. The van der Waals surface area contributed by atoms with Gasteiger partial charge in [-0.3, -0.25) is 15.6 Å². The van der Waals surface area contributed by atoms with Crippen LogP contribution in [0.2, 0.25) is 0 Å². The Bertz CT molecular complexity index is 713. The van der Waals surface area contributed by atoms with Crippen molar-refractivity contribution in [2.24, 2.45) is 5.41 Å². The van der Waals surface area contributed by atoms with Crippen LogP contribution in [0, 0.1) is 5.41 Å². The van der Waals surface area contributed by atoms with Crippen LogP contribution >= 0.6 is 0 Å². The van der Waals surface area contributed by atoms with Gasteiger partial charge in [-0.05, 0) is 49.4 Å². The number of anilines is 2. The number of urea groups is 1. The number of hydrogen-bond donors (Lipinski definition) is 3. The fraction of sp³-hybridized carbons (Fsp3) is 0.619. The molecule has 0 spiro atoms. The Labute approximate surface area is 167 Å². The first-order valence-corrected chi connectivity index (χ1v) is 10.1. The largest absolute Gasteiger partial charge is 0.326 e. The minimum absolute atomic E-state index is 0.139. The van der Waals surface area contributed by atoms with E-state index in [2.05, 4.69) is 43.9 Å². The number of benzene rings is 1. The van der Waals surface area contributed by atoms with Crippen LogP contribution in [0.3, 0.4) is 0 Å². The van der Waals surface area contributed by atoms with Crippen LogP contribution in [0.15, 0.2) is 24.3 Å². The van der Waals surface area contributed by atoms with E-state index in [0.717, 1.165) is 24.2 Å². The van der Waals surface area contributed by atoms with Crippen molar-refractivity contribution in [3.8, 4) is 0 Å². The Morgan fingerprint density at radius 1 is 1.25 bits per heavy atom. The summed E-state index contributed by atoms with van der Waals surface area (Å²) in [4.78, 5) is 28.1. The summed E-state index contributed by atoms with van der Waals surface area (Å²) in [6, 6.07) is 8.19. The van der Waals surface area contributed by atoms with Crippen molar-refractivity contribution in [3.63, 3.8) is 0 Å². The van der Waals surface area contributed by atoms with Crippen molar-refractivity contribution >= 4 is 23.3 Å². The molecular weight excluding hydrogens is 354 g/mol. The van der Waals surface area contributed by atoms with Crippen LogP contribution in [0.5, 0.6) is 0 Å². The minimum Gasteiger partial charge on any atom is -0.326 e. The van der Waals surface area contributed by atoms with Gasteiger partial charge in [0.2, 0.25) is 5.91 Å². The normalized spacial score (nSPS) is 25.2. The fourth-order valence-corrected chi connectivity index (χ4v) is 3.88. The summed E-state index contributed by atoms with van der Waals surface area (Å²) in [5.74, 6) is 0.162. The third-order valence-corrected chi connectivity index (χ3v) is 5.75. The van der Waals surface area contributed by atoms with Gasteiger partial charge in [0.15, 0.2) is 0 Å². The van der Waals surface area contributed by atoms with E-state index >= 15 is 0 Å². The monoisotopic (exact) mass is 387 g/mol. The lowest BCUT2D eigenvalue weighted by atomic mass is 9.84. The average Bonchev–Trinajstić information content (AvgIpc) is 3.22. The zero-order valence-electron chi connectivity index (χ0n) is 17.6. The maximum Gasteiger partial charge on any atom is 0.321 e. The molecule has 3 amide bonds. The molecular formula is C21H33N5O2. The highest BCUT2D eigenvalue weighted by molar-refractivity contribution is 5.96. The van der Waals surface area contributed by atoms with Gasteiger partial charge in [-0.2, -0.15) is 0 Å². The number of carbonyl (C=O) groups excluding carboxylic acids is 2. The summed E-state index contributed by atoms with van der Waals surface area (Å²) in [5, 5.41) is 2.93. The Balaban J connectivity index is 1.52. The van der Waals surface area contributed by atoms with Crippen LogP contribution in [-0.4, -0.2) is 48.6 Å². The highest BCUT2D eigenvalue weighted by atomic mass is 16.2. The number of likely N-dealkylation sites (N-methyl/N-ethyl adjacent to an activating group) is 1. The predicted octanol–water partition coefficient (Wildman–Crippen LogP) is 2.95. The van der Waals surface area contributed by atoms with Crippen LogP contribution in [0.4, 0.5) is 16.2 Å². The molecule has 0 bridgehead atoms. The minimum atomic E-state index is -0.139. The van der Waals surface area contributed by atoms with E-state index in [1.54, 1.807) is 11.9 Å². The number of hydrogen-bond acceptors (Lipinski definition) is 4. The molecule has 2 aliphatic rings. The van der Waals surface area contributed by atoms with E-state index in [-0.39, 0.29) is 29.4 Å². The molecule has 0 aromatic heterocycles. The van der Waals surface area contributed by atoms with Gasteiger partial charge in [-0.25, -0.2) is 4.79 Å². The van der Waals surface area contributed by atoms with E-state index in [0.29, 0.717) is 19.0 Å². The lowest BCUT2D eigenvalue weighted by molar-refractivity contribution is -0.117. The number of nitrogens with zero attached hydrogens (tertiary/aromatic N) is 2. The van der Waals surface area contributed by atoms with Crippen molar-refractivity contribution in [2.45, 2.75) is 65.1 Å². The maximum absolute atomic E-state index is 12.5. The molecule has 1 aromatic carbocycles. The van der Waals surface area contributed by atoms with E-state index in [1.807, 2.05) is 29.2 Å². The molecule has 154 valence electrons. The Morgan fingerprint density at radius 3 is 2.46 bits per heavy atom. The van der Waals surface area contributed by atoms with Gasteiger partial charge in [-0.1, -0.05) is 20.8 Å². The first-order valence-electron chi connectivity index (χ1n) is 10.1. The molecule has 3 N–H and O–H groups in total. The molecule has 28 heavy (non-hydrogen) atoms. The molecule has 0 saturated carbocycles. The summed E-state index contributed by atoms with van der Waals surface area (Å²) < 4.78 is 0. The number of amides is 3. The molecule has 3 unspecified atom stereocenters. The Hall–Kier alpha value is -2.12. The predicted molar refractivity (Wildman–Crippen MR) is 112 cm³/mol. The second-order valence-corrected chi connectivity index (χ2v) is 9.15. The highest BCUT2D eigenvalue weighted by Crippen LogP contribution is 2.28. The number of nitrogens with one attached hydrogen (secondary N) is 3. The molecule has 3 rings (SSSR count). The van der Waals surface area contributed by atoms with Gasteiger partial charge in [0, 0.05) is 49.5 Å². The van der Waals surface area contributed by atoms with Crippen LogP contribution in [-0.2, 0) is 4.79 Å². The van der Waals surface area contributed by atoms with Crippen molar-refractivity contribution in [3.05, 3.63) is 24.3 Å². The molecule has 3 atom stereocenters. The van der Waals surface area contributed by atoms with Crippen LogP contribution in [0.1, 0.15) is 47.0 Å². The molecule has 2 fully saturated rings. The molecule has 2 saturated heterocycles. The van der Waals surface area contributed by atoms with Crippen molar-refractivity contribution in [1.29, 1.82) is 0 Å². The van der Waals surface area contributed by atoms with Gasteiger partial charge in [-0.15, -0.1) is 0 Å². The SMILES string of the molecule is CC1CCC(=O)N1c1ccc(NC(=O)N(C)CC2CC(C(C)(C)C)NN2)cc1. The molecule has 2 heterocycles. The quantitative estimate of drug-likeness (QED) is 0.742. The fourth-order valence-electron chi connectivity index (χ4n) is 3.88. The lowest BCUT2D eigenvalue weighted by Gasteiger charge is -2.26. The van der Waals surface area contributed by atoms with Gasteiger partial charge in [0.25, 0.3) is 0 Å². The summed E-state index contributed by atoms with van der Waals surface area (Å²) in [6.45, 7) is 9.33. The molecule has 0 radical (unpaired) electrons. The van der Waals surface area contributed by atoms with E-state index in [9.17, 15) is 9.59 Å². The number of rotatable bonds is 4. The number of hydrazine groups is 1. The molecule has 1 aromatic rings. The highest BCUT2D eigenvalue weighted by Gasteiger charge is 2.33. The van der Waals surface area contributed by atoms with E-state index in [4.69, 9.17) is 0 Å². The summed E-state index contributed by atoms with van der Waals surface area (Å²) in [6.07, 6.45) is 2.48. The molecule has 7 heteroatoms. The summed E-state index contributed by atoms with van der Waals surface area (Å²) in [7, 11) is 1.81. The van der Waals surface area contributed by atoms with Crippen LogP contribution < -0.4 is 21.1 Å². The van der Waals surface area contributed by atoms with Crippen molar-refractivity contribution in [2.75, 3.05) is 23.8 Å². The van der Waals surface area contributed by atoms with Gasteiger partial charge < -0.3 is 15.1 Å². The van der Waals surface area contributed by atoms with E-state index < -0.39 is 0 Å². The smallest absolute Gasteiger partial charge is 0.321 e. The molecule has 7 nitrogen and oxygen atoms in total. The standard InChI is InChI=1S/C21H33N5O2/c1-14-6-11-19(27)26(14)17-9-7-15(8-10-17)22-20(28)25(5)13-16-12-18(24-23-16)21(2,3)4/h7-10,14,16,18,23-24H,6,11-13H2,1-5H3,(H,22,28). The van der Waals surface area contributed by atoms with Gasteiger partial charge in [0.05, 0.1) is 0 Å². The Kier molecular flexibility index (Phi) is 5.95. The third kappa shape index (κ3) is 4.64. The molecule has 2 aliphatic heterocycles. The van der Waals surface area contributed by atoms with Gasteiger partial charge in [0.1, 0.15) is 0 Å². The lowest BCUT2D eigenvalue weighted by Crippen LogP contribution is -2.43. The van der Waals surface area contributed by atoms with Crippen molar-refractivity contribution < 1.29 is 9.59 Å². The topological polar surface area (TPSA) is 76.7 Å². The second-order valence-electron chi connectivity index (χ2n) is 9.15. The van der Waals surface area contributed by atoms with Gasteiger partial charge >= 0.3 is 6.03 Å². The average molecular weight is 388 g/mol. The van der Waals surface area contributed by atoms with Crippen LogP contribution in [0.25, 0.3) is 0 Å². The summed E-state index contributed by atoms with van der Waals surface area (Å²) in [5.41, 5.74) is 8.43. The first kappa shape index (κ1) is 20.6. The number of carbonyl (C=O) groups is 2. The second kappa shape index (κ2) is 8.09. The third-order valence-electron chi connectivity index (χ3n) is 5.75. The van der Waals surface area contributed by atoms with E-state index in [1.165, 1.54) is 0 Å². The maximum atomic E-state index is 12.5. The first-order chi connectivity index (χ1) is 13.1. The zero-order valence-corrected chi connectivity index (χ0v) is 17.6.